The number of hydrogen-bond donors (Lipinski definition) is 2. The number of ether oxygens (including phenoxy) is 2. The van der Waals surface area contributed by atoms with Gasteiger partial charge < -0.3 is 19.9 Å². The Morgan fingerprint density at radius 1 is 1.29 bits per heavy atom. The normalized spacial score (nSPS) is 11.9. The Bertz CT molecular complexity index is 1040. The summed E-state index contributed by atoms with van der Waals surface area (Å²) in [6.45, 7) is 6.23. The number of amides is 1. The van der Waals surface area contributed by atoms with E-state index in [1.807, 2.05) is 26.8 Å². The van der Waals surface area contributed by atoms with Gasteiger partial charge in [-0.15, -0.1) is 0 Å². The molecule has 0 radical (unpaired) electrons. The van der Waals surface area contributed by atoms with E-state index in [2.05, 4.69) is 21.2 Å². The van der Waals surface area contributed by atoms with Crippen molar-refractivity contribution >= 4 is 39.6 Å². The highest BCUT2D eigenvalue weighted by Crippen LogP contribution is 2.38. The Morgan fingerprint density at radius 3 is 2.65 bits per heavy atom. The van der Waals surface area contributed by atoms with Crippen molar-refractivity contribution in [1.82, 2.24) is 0 Å². The number of carboxylic acid groups (broad SMARTS) is 1. The molecule has 0 fully saturated rings. The van der Waals surface area contributed by atoms with Crippen LogP contribution in [0.5, 0.6) is 11.5 Å². The zero-order valence-electron chi connectivity index (χ0n) is 17.4. The van der Waals surface area contributed by atoms with Gasteiger partial charge in [-0.25, -0.2) is 4.79 Å². The van der Waals surface area contributed by atoms with Crippen LogP contribution in [0.2, 0.25) is 0 Å². The second-order valence-corrected chi connectivity index (χ2v) is 7.46. The van der Waals surface area contributed by atoms with Crippen LogP contribution in [0.15, 0.2) is 46.4 Å². The van der Waals surface area contributed by atoms with E-state index in [-0.39, 0.29) is 22.9 Å². The maximum atomic E-state index is 12.6. The molecule has 162 valence electrons. The average molecular weight is 487 g/mol. The van der Waals surface area contributed by atoms with E-state index < -0.39 is 11.9 Å². The first-order chi connectivity index (χ1) is 14.8. The molecule has 0 aliphatic carbocycles. The molecule has 2 N–H and O–H groups in total. The standard InChI is InChI=1S/C23H23BrN2O5/c1-4-14(3)31-21-19(24)10-15(11-20(21)30-5-2)9-17(13-25)22(27)26-18-8-6-7-16(12-18)23(28)29/h6-12,14H,4-5H2,1-3H3,(H,26,27)(H,28,29)/b17-9-/t14-/m0/s1. The van der Waals surface area contributed by atoms with Crippen LogP contribution in [0.25, 0.3) is 6.08 Å². The molecule has 2 aromatic rings. The van der Waals surface area contributed by atoms with Crippen LogP contribution in [0.3, 0.4) is 0 Å². The number of rotatable bonds is 9. The molecule has 0 saturated carbocycles. The smallest absolute Gasteiger partial charge is 0.335 e. The highest BCUT2D eigenvalue weighted by Gasteiger charge is 2.16. The lowest BCUT2D eigenvalue weighted by molar-refractivity contribution is -0.112. The van der Waals surface area contributed by atoms with E-state index in [9.17, 15) is 14.9 Å². The van der Waals surface area contributed by atoms with Crippen molar-refractivity contribution in [3.8, 4) is 17.6 Å². The van der Waals surface area contributed by atoms with Crippen LogP contribution < -0.4 is 14.8 Å². The zero-order valence-corrected chi connectivity index (χ0v) is 19.0. The molecule has 0 aliphatic heterocycles. The summed E-state index contributed by atoms with van der Waals surface area (Å²) >= 11 is 3.48. The molecule has 0 aliphatic rings. The summed E-state index contributed by atoms with van der Waals surface area (Å²) in [6.07, 6.45) is 2.23. The predicted octanol–water partition coefficient (Wildman–Crippen LogP) is 5.27. The Hall–Kier alpha value is -3.31. The van der Waals surface area contributed by atoms with Gasteiger partial charge in [-0.2, -0.15) is 5.26 Å². The second-order valence-electron chi connectivity index (χ2n) is 6.61. The van der Waals surface area contributed by atoms with Gasteiger partial charge in [-0.1, -0.05) is 13.0 Å². The van der Waals surface area contributed by atoms with Gasteiger partial charge in [0.1, 0.15) is 11.6 Å². The van der Waals surface area contributed by atoms with Crippen molar-refractivity contribution in [2.45, 2.75) is 33.3 Å². The first-order valence-corrected chi connectivity index (χ1v) is 10.5. The van der Waals surface area contributed by atoms with Crippen molar-refractivity contribution in [2.75, 3.05) is 11.9 Å². The first-order valence-electron chi connectivity index (χ1n) is 9.68. The van der Waals surface area contributed by atoms with Gasteiger partial charge >= 0.3 is 5.97 Å². The summed E-state index contributed by atoms with van der Waals surface area (Å²) in [6, 6.07) is 11.1. The molecule has 1 amide bonds. The number of nitrogens with one attached hydrogen (secondary N) is 1. The Labute approximate surface area is 189 Å². The quantitative estimate of drug-likeness (QED) is 0.369. The van der Waals surface area contributed by atoms with E-state index >= 15 is 0 Å². The number of hydrogen-bond acceptors (Lipinski definition) is 5. The Morgan fingerprint density at radius 2 is 2.03 bits per heavy atom. The van der Waals surface area contributed by atoms with Gasteiger partial charge in [0.2, 0.25) is 0 Å². The summed E-state index contributed by atoms with van der Waals surface area (Å²) in [7, 11) is 0. The lowest BCUT2D eigenvalue weighted by atomic mass is 10.1. The lowest BCUT2D eigenvalue weighted by Gasteiger charge is -2.18. The predicted molar refractivity (Wildman–Crippen MR) is 121 cm³/mol. The Kier molecular flexibility index (Phi) is 8.64. The molecule has 0 aromatic heterocycles. The van der Waals surface area contributed by atoms with Crippen molar-refractivity contribution in [1.29, 1.82) is 5.26 Å². The summed E-state index contributed by atoms with van der Waals surface area (Å²) in [5.41, 5.74) is 0.727. The maximum absolute atomic E-state index is 12.6. The zero-order chi connectivity index (χ0) is 23.0. The molecular weight excluding hydrogens is 464 g/mol. The van der Waals surface area contributed by atoms with Crippen molar-refractivity contribution in [2.24, 2.45) is 0 Å². The minimum absolute atomic E-state index is 0.0149. The molecule has 8 heteroatoms. The highest BCUT2D eigenvalue weighted by molar-refractivity contribution is 9.10. The van der Waals surface area contributed by atoms with Gasteiger partial charge in [0.15, 0.2) is 11.5 Å². The van der Waals surface area contributed by atoms with Crippen molar-refractivity contribution < 1.29 is 24.2 Å². The van der Waals surface area contributed by atoms with Gasteiger partial charge in [0.05, 0.1) is 22.7 Å². The third-order valence-corrected chi connectivity index (χ3v) is 4.86. The fraction of sp³-hybridized carbons (Fsp3) is 0.261. The fourth-order valence-electron chi connectivity index (χ4n) is 2.58. The largest absolute Gasteiger partial charge is 0.490 e. The van der Waals surface area contributed by atoms with Gasteiger partial charge in [0.25, 0.3) is 5.91 Å². The lowest BCUT2D eigenvalue weighted by Crippen LogP contribution is -2.14. The van der Waals surface area contributed by atoms with Crippen LogP contribution in [-0.4, -0.2) is 29.7 Å². The van der Waals surface area contributed by atoms with Crippen LogP contribution in [-0.2, 0) is 4.79 Å². The van der Waals surface area contributed by atoms with E-state index in [1.54, 1.807) is 18.2 Å². The number of benzene rings is 2. The molecule has 0 unspecified atom stereocenters. The van der Waals surface area contributed by atoms with Crippen molar-refractivity contribution in [3.63, 3.8) is 0 Å². The van der Waals surface area contributed by atoms with Crippen molar-refractivity contribution in [3.05, 3.63) is 57.6 Å². The van der Waals surface area contributed by atoms with E-state index in [1.165, 1.54) is 24.3 Å². The number of carbonyl (C=O) groups is 2. The summed E-state index contributed by atoms with van der Waals surface area (Å²) in [5, 5.41) is 21.1. The third kappa shape index (κ3) is 6.59. The highest BCUT2D eigenvalue weighted by atomic mass is 79.9. The molecule has 2 rings (SSSR count). The number of anilines is 1. The summed E-state index contributed by atoms with van der Waals surface area (Å²) in [5.74, 6) is -0.712. The summed E-state index contributed by atoms with van der Waals surface area (Å²) < 4.78 is 12.3. The number of halogens is 1. The van der Waals surface area contributed by atoms with E-state index in [4.69, 9.17) is 14.6 Å². The SMILES string of the molecule is CCOc1cc(/C=C(/C#N)C(=O)Nc2cccc(C(=O)O)c2)cc(Br)c1O[C@@H](C)CC. The van der Waals surface area contributed by atoms with E-state index in [0.717, 1.165) is 6.42 Å². The minimum Gasteiger partial charge on any atom is -0.490 e. The minimum atomic E-state index is -1.11. The summed E-state index contributed by atoms with van der Waals surface area (Å²) in [4.78, 5) is 23.7. The number of nitrogens with zero attached hydrogens (tertiary/aromatic N) is 1. The number of aromatic carboxylic acids is 1. The Balaban J connectivity index is 2.34. The maximum Gasteiger partial charge on any atom is 0.335 e. The molecule has 0 bridgehead atoms. The molecule has 2 aromatic carbocycles. The fourth-order valence-corrected chi connectivity index (χ4v) is 3.13. The molecule has 31 heavy (non-hydrogen) atoms. The molecule has 1 atom stereocenters. The monoisotopic (exact) mass is 486 g/mol. The van der Waals surface area contributed by atoms with E-state index in [0.29, 0.717) is 28.1 Å². The molecule has 7 nitrogen and oxygen atoms in total. The van der Waals surface area contributed by atoms with Gasteiger partial charge in [0, 0.05) is 5.69 Å². The third-order valence-electron chi connectivity index (χ3n) is 4.27. The first kappa shape index (κ1) is 24.0. The van der Waals surface area contributed by atoms with Crippen LogP contribution in [0.4, 0.5) is 5.69 Å². The number of carbonyl (C=O) groups excluding carboxylic acids is 1. The van der Waals surface area contributed by atoms with Gasteiger partial charge in [-0.3, -0.25) is 4.79 Å². The number of carboxylic acids is 1. The van der Waals surface area contributed by atoms with Crippen LogP contribution in [0.1, 0.15) is 43.1 Å². The van der Waals surface area contributed by atoms with Crippen LogP contribution in [0, 0.1) is 11.3 Å². The topological polar surface area (TPSA) is 109 Å². The molecule has 0 saturated heterocycles. The van der Waals surface area contributed by atoms with Crippen LogP contribution >= 0.6 is 15.9 Å². The molecular formula is C23H23BrN2O5. The number of nitriles is 1. The second kappa shape index (κ2) is 11.2. The van der Waals surface area contributed by atoms with Gasteiger partial charge in [-0.05, 0) is 78.2 Å². The average Bonchev–Trinajstić information content (AvgIpc) is 2.74. The molecule has 0 spiro atoms. The molecule has 0 heterocycles.